The van der Waals surface area contributed by atoms with Gasteiger partial charge in [-0.3, -0.25) is 4.79 Å². The lowest BCUT2D eigenvalue weighted by Crippen LogP contribution is -2.42. The second-order valence-corrected chi connectivity index (χ2v) is 7.14. The minimum atomic E-state index is -0.656. The molecule has 0 spiro atoms. The number of rotatable bonds is 5. The SMILES string of the molecule is CC1(C)CC(CN2CCC(CCC(=O)O)CC2)CCO1. The number of piperidine rings is 1. The molecule has 20 heavy (non-hydrogen) atoms. The minimum Gasteiger partial charge on any atom is -0.481 e. The van der Waals surface area contributed by atoms with Crippen molar-refractivity contribution in [2.75, 3.05) is 26.2 Å². The maximum absolute atomic E-state index is 10.6. The summed E-state index contributed by atoms with van der Waals surface area (Å²) in [5.74, 6) is 0.722. The Labute approximate surface area is 122 Å². The Bertz CT molecular complexity index is 322. The first kappa shape index (κ1) is 15.8. The van der Waals surface area contributed by atoms with Crippen LogP contribution in [0.5, 0.6) is 0 Å². The van der Waals surface area contributed by atoms with Crippen molar-refractivity contribution in [2.24, 2.45) is 11.8 Å². The first-order valence-electron chi connectivity index (χ1n) is 8.03. The molecule has 2 fully saturated rings. The molecule has 4 heteroatoms. The maximum atomic E-state index is 10.6. The van der Waals surface area contributed by atoms with Crippen molar-refractivity contribution in [1.82, 2.24) is 4.90 Å². The molecule has 1 atom stereocenters. The van der Waals surface area contributed by atoms with E-state index in [1.807, 2.05) is 0 Å². The van der Waals surface area contributed by atoms with Crippen LogP contribution in [0.4, 0.5) is 0 Å². The van der Waals surface area contributed by atoms with E-state index in [0.29, 0.717) is 12.3 Å². The highest BCUT2D eigenvalue weighted by molar-refractivity contribution is 5.66. The van der Waals surface area contributed by atoms with E-state index in [1.54, 1.807) is 0 Å². The molecule has 0 aromatic rings. The average Bonchev–Trinajstić information content (AvgIpc) is 2.36. The van der Waals surface area contributed by atoms with E-state index >= 15 is 0 Å². The van der Waals surface area contributed by atoms with Gasteiger partial charge in [0.1, 0.15) is 0 Å². The van der Waals surface area contributed by atoms with Gasteiger partial charge in [0, 0.05) is 19.6 Å². The molecule has 116 valence electrons. The Kier molecular flexibility index (Phi) is 5.44. The lowest BCUT2D eigenvalue weighted by molar-refractivity contribution is -0.137. The Morgan fingerprint density at radius 2 is 1.95 bits per heavy atom. The molecular weight excluding hydrogens is 254 g/mol. The number of hydrogen-bond acceptors (Lipinski definition) is 3. The van der Waals surface area contributed by atoms with Crippen molar-refractivity contribution < 1.29 is 14.6 Å². The fourth-order valence-corrected chi connectivity index (χ4v) is 3.66. The fourth-order valence-electron chi connectivity index (χ4n) is 3.66. The molecule has 4 nitrogen and oxygen atoms in total. The van der Waals surface area contributed by atoms with Gasteiger partial charge in [-0.25, -0.2) is 0 Å². The zero-order chi connectivity index (χ0) is 14.6. The molecule has 2 saturated heterocycles. The molecule has 1 unspecified atom stereocenters. The largest absolute Gasteiger partial charge is 0.481 e. The number of likely N-dealkylation sites (tertiary alicyclic amines) is 1. The van der Waals surface area contributed by atoms with Crippen molar-refractivity contribution in [3.05, 3.63) is 0 Å². The van der Waals surface area contributed by atoms with Crippen LogP contribution in [0.2, 0.25) is 0 Å². The van der Waals surface area contributed by atoms with E-state index in [2.05, 4.69) is 18.7 Å². The van der Waals surface area contributed by atoms with Crippen molar-refractivity contribution in [1.29, 1.82) is 0 Å². The molecule has 1 N–H and O–H groups in total. The van der Waals surface area contributed by atoms with Gasteiger partial charge in [0.15, 0.2) is 0 Å². The molecule has 0 aromatic carbocycles. The Hall–Kier alpha value is -0.610. The summed E-state index contributed by atoms with van der Waals surface area (Å²) in [6, 6.07) is 0. The topological polar surface area (TPSA) is 49.8 Å². The quantitative estimate of drug-likeness (QED) is 0.843. The third-order valence-electron chi connectivity index (χ3n) is 4.79. The number of carbonyl (C=O) groups is 1. The molecule has 0 amide bonds. The van der Waals surface area contributed by atoms with Gasteiger partial charge in [0.2, 0.25) is 0 Å². The van der Waals surface area contributed by atoms with Crippen LogP contribution < -0.4 is 0 Å². The van der Waals surface area contributed by atoms with Crippen LogP contribution in [0.25, 0.3) is 0 Å². The van der Waals surface area contributed by atoms with Crippen LogP contribution >= 0.6 is 0 Å². The normalized spacial score (nSPS) is 28.4. The monoisotopic (exact) mass is 283 g/mol. The van der Waals surface area contributed by atoms with Crippen LogP contribution in [-0.2, 0) is 9.53 Å². The molecule has 2 aliphatic heterocycles. The molecular formula is C16H29NO3. The van der Waals surface area contributed by atoms with Crippen molar-refractivity contribution >= 4 is 5.97 Å². The van der Waals surface area contributed by atoms with E-state index < -0.39 is 5.97 Å². The van der Waals surface area contributed by atoms with Crippen molar-refractivity contribution in [3.8, 4) is 0 Å². The van der Waals surface area contributed by atoms with Crippen molar-refractivity contribution in [3.63, 3.8) is 0 Å². The molecule has 2 aliphatic rings. The molecule has 2 rings (SSSR count). The van der Waals surface area contributed by atoms with Gasteiger partial charge in [-0.1, -0.05) is 0 Å². The van der Waals surface area contributed by atoms with Crippen LogP contribution in [0.3, 0.4) is 0 Å². The number of aliphatic carboxylic acids is 1. The fraction of sp³-hybridized carbons (Fsp3) is 0.938. The molecule has 0 radical (unpaired) electrons. The van der Waals surface area contributed by atoms with Gasteiger partial charge in [0.05, 0.1) is 5.60 Å². The first-order valence-corrected chi connectivity index (χ1v) is 8.03. The van der Waals surface area contributed by atoms with Gasteiger partial charge >= 0.3 is 5.97 Å². The van der Waals surface area contributed by atoms with Crippen LogP contribution in [-0.4, -0.2) is 47.8 Å². The predicted molar refractivity (Wildman–Crippen MR) is 78.8 cm³/mol. The summed E-state index contributed by atoms with van der Waals surface area (Å²) in [5.41, 5.74) is 0.0444. The van der Waals surface area contributed by atoms with Gasteiger partial charge in [-0.2, -0.15) is 0 Å². The highest BCUT2D eigenvalue weighted by Gasteiger charge is 2.30. The minimum absolute atomic E-state index is 0.0444. The van der Waals surface area contributed by atoms with E-state index in [9.17, 15) is 4.79 Å². The first-order chi connectivity index (χ1) is 9.44. The number of hydrogen-bond donors (Lipinski definition) is 1. The standard InChI is InChI=1S/C16H29NO3/c1-16(2)11-14(7-10-20-16)12-17-8-5-13(6-9-17)3-4-15(18)19/h13-14H,3-12H2,1-2H3,(H,18,19). The van der Waals surface area contributed by atoms with Crippen molar-refractivity contribution in [2.45, 2.75) is 58.0 Å². The number of carboxylic acids is 1. The van der Waals surface area contributed by atoms with Crippen LogP contribution in [0.1, 0.15) is 52.4 Å². The lowest BCUT2D eigenvalue weighted by atomic mass is 9.86. The summed E-state index contributed by atoms with van der Waals surface area (Å²) in [4.78, 5) is 13.2. The second kappa shape index (κ2) is 6.90. The summed E-state index contributed by atoms with van der Waals surface area (Å²) in [7, 11) is 0. The molecule has 2 heterocycles. The number of ether oxygens (including phenoxy) is 1. The highest BCUT2D eigenvalue weighted by Crippen LogP contribution is 2.30. The Morgan fingerprint density at radius 1 is 1.25 bits per heavy atom. The maximum Gasteiger partial charge on any atom is 0.303 e. The molecule has 0 aromatic heterocycles. The van der Waals surface area contributed by atoms with E-state index in [4.69, 9.17) is 9.84 Å². The van der Waals surface area contributed by atoms with Gasteiger partial charge in [0.25, 0.3) is 0 Å². The van der Waals surface area contributed by atoms with E-state index in [-0.39, 0.29) is 5.60 Å². The summed E-state index contributed by atoms with van der Waals surface area (Å²) in [6.07, 6.45) is 5.86. The van der Waals surface area contributed by atoms with E-state index in [0.717, 1.165) is 38.5 Å². The zero-order valence-corrected chi connectivity index (χ0v) is 12.9. The van der Waals surface area contributed by atoms with Gasteiger partial charge in [-0.05, 0) is 70.9 Å². The van der Waals surface area contributed by atoms with E-state index in [1.165, 1.54) is 25.8 Å². The predicted octanol–water partition coefficient (Wildman–Crippen LogP) is 2.77. The smallest absolute Gasteiger partial charge is 0.303 e. The second-order valence-electron chi connectivity index (χ2n) is 7.14. The molecule has 0 saturated carbocycles. The van der Waals surface area contributed by atoms with Crippen LogP contribution in [0, 0.1) is 11.8 Å². The zero-order valence-electron chi connectivity index (χ0n) is 12.9. The number of nitrogens with zero attached hydrogens (tertiary/aromatic N) is 1. The molecule has 0 bridgehead atoms. The summed E-state index contributed by atoms with van der Waals surface area (Å²) >= 11 is 0. The van der Waals surface area contributed by atoms with Crippen LogP contribution in [0.15, 0.2) is 0 Å². The average molecular weight is 283 g/mol. The van der Waals surface area contributed by atoms with Gasteiger partial charge in [-0.15, -0.1) is 0 Å². The Balaban J connectivity index is 1.68. The number of carboxylic acid groups (broad SMARTS) is 1. The highest BCUT2D eigenvalue weighted by atomic mass is 16.5. The Morgan fingerprint density at radius 3 is 2.55 bits per heavy atom. The van der Waals surface area contributed by atoms with Gasteiger partial charge < -0.3 is 14.7 Å². The summed E-state index contributed by atoms with van der Waals surface area (Å²) in [6.45, 7) is 8.75. The lowest BCUT2D eigenvalue weighted by Gasteiger charge is -2.39. The summed E-state index contributed by atoms with van der Waals surface area (Å²) < 4.78 is 5.78. The third-order valence-corrected chi connectivity index (χ3v) is 4.79. The molecule has 0 aliphatic carbocycles. The third kappa shape index (κ3) is 5.06. The summed E-state index contributed by atoms with van der Waals surface area (Å²) in [5, 5.41) is 8.74.